The Morgan fingerprint density at radius 3 is 2.72 bits per heavy atom. The lowest BCUT2D eigenvalue weighted by molar-refractivity contribution is 0.0527. The molecule has 94 valence electrons. The topological polar surface area (TPSA) is 65.2 Å². The predicted octanol–water partition coefficient (Wildman–Crippen LogP) is 2.27. The Morgan fingerprint density at radius 2 is 2.06 bits per heavy atom. The summed E-state index contributed by atoms with van der Waals surface area (Å²) in [5.74, 6) is -2.70. The van der Waals surface area contributed by atoms with Crippen molar-refractivity contribution in [2.24, 2.45) is 0 Å². The van der Waals surface area contributed by atoms with Crippen LogP contribution < -0.4 is 5.73 Å². The maximum Gasteiger partial charge on any atom is 0.341 e. The van der Waals surface area contributed by atoms with Crippen molar-refractivity contribution in [3.63, 3.8) is 0 Å². The Kier molecular flexibility index (Phi) is 3.10. The lowest BCUT2D eigenvalue weighted by Crippen LogP contribution is -2.09. The van der Waals surface area contributed by atoms with Crippen LogP contribution in [-0.2, 0) is 4.74 Å². The van der Waals surface area contributed by atoms with Gasteiger partial charge in [-0.1, -0.05) is 0 Å². The second-order valence-electron chi connectivity index (χ2n) is 3.59. The van der Waals surface area contributed by atoms with Gasteiger partial charge in [-0.05, 0) is 13.0 Å². The molecule has 0 aliphatic carbocycles. The largest absolute Gasteiger partial charge is 0.462 e. The van der Waals surface area contributed by atoms with E-state index in [4.69, 9.17) is 10.5 Å². The average Bonchev–Trinajstić information content (AvgIpc) is 2.32. The van der Waals surface area contributed by atoms with Crippen LogP contribution in [0.3, 0.4) is 0 Å². The minimum atomic E-state index is -1.04. The van der Waals surface area contributed by atoms with Crippen molar-refractivity contribution in [1.82, 2.24) is 4.98 Å². The molecular formula is C12H10F2N2O2. The van der Waals surface area contributed by atoms with Crippen LogP contribution in [0.5, 0.6) is 0 Å². The number of carbonyl (C=O) groups excluding carboxylic acids is 1. The highest BCUT2D eigenvalue weighted by atomic mass is 19.2. The number of benzene rings is 1. The second-order valence-corrected chi connectivity index (χ2v) is 3.59. The Bertz CT molecular complexity index is 629. The lowest BCUT2D eigenvalue weighted by Gasteiger charge is -2.08. The number of nitrogens with two attached hydrogens (primary N) is 1. The summed E-state index contributed by atoms with van der Waals surface area (Å²) in [4.78, 5) is 15.4. The van der Waals surface area contributed by atoms with Crippen molar-refractivity contribution < 1.29 is 18.3 Å². The fourth-order valence-corrected chi connectivity index (χ4v) is 1.58. The van der Waals surface area contributed by atoms with Gasteiger partial charge in [0, 0.05) is 17.6 Å². The molecule has 1 aromatic carbocycles. The molecular weight excluding hydrogens is 242 g/mol. The summed E-state index contributed by atoms with van der Waals surface area (Å²) in [6, 6.07) is 1.84. The highest BCUT2D eigenvalue weighted by Gasteiger charge is 2.16. The lowest BCUT2D eigenvalue weighted by atomic mass is 10.1. The molecule has 0 unspecified atom stereocenters. The van der Waals surface area contributed by atoms with E-state index in [0.29, 0.717) is 0 Å². The maximum absolute atomic E-state index is 13.1. The first-order valence-electron chi connectivity index (χ1n) is 5.25. The Morgan fingerprint density at radius 1 is 1.39 bits per heavy atom. The average molecular weight is 252 g/mol. The molecule has 0 atom stereocenters. The van der Waals surface area contributed by atoms with Gasteiger partial charge in [0.1, 0.15) is 5.56 Å². The van der Waals surface area contributed by atoms with E-state index in [1.165, 1.54) is 6.20 Å². The van der Waals surface area contributed by atoms with Gasteiger partial charge in [-0.25, -0.2) is 13.6 Å². The van der Waals surface area contributed by atoms with E-state index in [9.17, 15) is 13.6 Å². The molecule has 0 spiro atoms. The third-order valence-corrected chi connectivity index (χ3v) is 2.45. The van der Waals surface area contributed by atoms with Crippen molar-refractivity contribution in [2.45, 2.75) is 6.92 Å². The number of hydrogen-bond acceptors (Lipinski definition) is 4. The van der Waals surface area contributed by atoms with Crippen LogP contribution in [-0.4, -0.2) is 17.6 Å². The first-order valence-corrected chi connectivity index (χ1v) is 5.25. The van der Waals surface area contributed by atoms with Crippen molar-refractivity contribution in [3.8, 4) is 0 Å². The molecule has 2 N–H and O–H groups in total. The van der Waals surface area contributed by atoms with Crippen LogP contribution >= 0.6 is 0 Å². The molecule has 4 nitrogen and oxygen atoms in total. The number of nitrogen functional groups attached to an aromatic ring is 1. The van der Waals surface area contributed by atoms with E-state index in [2.05, 4.69) is 4.98 Å². The molecule has 0 amide bonds. The minimum absolute atomic E-state index is 0.0253. The number of esters is 1. The number of fused-ring (bicyclic) bond motifs is 1. The monoisotopic (exact) mass is 252 g/mol. The Balaban J connectivity index is 2.63. The van der Waals surface area contributed by atoms with Gasteiger partial charge in [0.05, 0.1) is 17.8 Å². The summed E-state index contributed by atoms with van der Waals surface area (Å²) >= 11 is 0. The summed E-state index contributed by atoms with van der Waals surface area (Å²) in [5, 5.41) is 0.180. The van der Waals surface area contributed by atoms with E-state index < -0.39 is 17.6 Å². The zero-order valence-corrected chi connectivity index (χ0v) is 9.54. The molecule has 2 aromatic rings. The summed E-state index contributed by atoms with van der Waals surface area (Å²) in [6.07, 6.45) is 1.19. The minimum Gasteiger partial charge on any atom is -0.462 e. The number of anilines is 1. The summed E-state index contributed by atoms with van der Waals surface area (Å²) in [6.45, 7) is 1.84. The fraction of sp³-hybridized carbons (Fsp3) is 0.167. The fourth-order valence-electron chi connectivity index (χ4n) is 1.58. The molecule has 0 radical (unpaired) electrons. The summed E-state index contributed by atoms with van der Waals surface area (Å²) < 4.78 is 30.9. The smallest absolute Gasteiger partial charge is 0.341 e. The van der Waals surface area contributed by atoms with Gasteiger partial charge in [0.2, 0.25) is 0 Å². The standard InChI is InChI=1S/C12H10F2N2O2/c1-2-18-12(17)7-5-16-10-4-9(14)8(13)3-6(10)11(7)15/h3-5H,2H2,1H3,(H2,15,16). The molecule has 0 fully saturated rings. The molecule has 0 aliphatic rings. The van der Waals surface area contributed by atoms with Crippen molar-refractivity contribution in [3.05, 3.63) is 35.5 Å². The number of carbonyl (C=O) groups is 1. The van der Waals surface area contributed by atoms with Crippen LogP contribution in [0.2, 0.25) is 0 Å². The Labute approximate surface area is 101 Å². The normalized spacial score (nSPS) is 10.6. The van der Waals surface area contributed by atoms with Gasteiger partial charge in [-0.2, -0.15) is 0 Å². The molecule has 0 aliphatic heterocycles. The number of halogens is 2. The molecule has 0 saturated carbocycles. The SMILES string of the molecule is CCOC(=O)c1cnc2cc(F)c(F)cc2c1N. The van der Waals surface area contributed by atoms with E-state index in [1.54, 1.807) is 6.92 Å². The third kappa shape index (κ3) is 1.97. The Hall–Kier alpha value is -2.24. The van der Waals surface area contributed by atoms with E-state index in [1.807, 2.05) is 0 Å². The number of nitrogens with zero attached hydrogens (tertiary/aromatic N) is 1. The van der Waals surface area contributed by atoms with Crippen LogP contribution in [0.25, 0.3) is 10.9 Å². The quantitative estimate of drug-likeness (QED) is 0.833. The maximum atomic E-state index is 13.1. The first kappa shape index (κ1) is 12.2. The summed E-state index contributed by atoms with van der Waals surface area (Å²) in [5.41, 5.74) is 5.98. The zero-order valence-electron chi connectivity index (χ0n) is 9.54. The van der Waals surface area contributed by atoms with Gasteiger partial charge in [-0.15, -0.1) is 0 Å². The number of rotatable bonds is 2. The van der Waals surface area contributed by atoms with Crippen molar-refractivity contribution in [2.75, 3.05) is 12.3 Å². The van der Waals surface area contributed by atoms with E-state index in [-0.39, 0.29) is 28.8 Å². The molecule has 0 saturated heterocycles. The molecule has 1 heterocycles. The van der Waals surface area contributed by atoms with Crippen LogP contribution in [0.1, 0.15) is 17.3 Å². The number of ether oxygens (including phenoxy) is 1. The van der Waals surface area contributed by atoms with Gasteiger partial charge in [0.25, 0.3) is 0 Å². The number of aromatic nitrogens is 1. The van der Waals surface area contributed by atoms with E-state index >= 15 is 0 Å². The molecule has 1 aromatic heterocycles. The number of hydrogen-bond donors (Lipinski definition) is 1. The van der Waals surface area contributed by atoms with Gasteiger partial charge in [-0.3, -0.25) is 4.98 Å². The molecule has 0 bridgehead atoms. The number of pyridine rings is 1. The highest BCUT2D eigenvalue weighted by molar-refractivity contribution is 6.03. The molecule has 2 rings (SSSR count). The third-order valence-electron chi connectivity index (χ3n) is 2.45. The van der Waals surface area contributed by atoms with Crippen molar-refractivity contribution >= 4 is 22.6 Å². The van der Waals surface area contributed by atoms with Gasteiger partial charge >= 0.3 is 5.97 Å². The predicted molar refractivity (Wildman–Crippen MR) is 62.0 cm³/mol. The molecule has 6 heteroatoms. The van der Waals surface area contributed by atoms with Crippen LogP contribution in [0.15, 0.2) is 18.3 Å². The van der Waals surface area contributed by atoms with Crippen LogP contribution in [0, 0.1) is 11.6 Å². The van der Waals surface area contributed by atoms with E-state index in [0.717, 1.165) is 12.1 Å². The van der Waals surface area contributed by atoms with Gasteiger partial charge in [0.15, 0.2) is 11.6 Å². The van der Waals surface area contributed by atoms with Crippen molar-refractivity contribution in [1.29, 1.82) is 0 Å². The van der Waals surface area contributed by atoms with Crippen LogP contribution in [0.4, 0.5) is 14.5 Å². The molecule has 18 heavy (non-hydrogen) atoms. The van der Waals surface area contributed by atoms with Gasteiger partial charge < -0.3 is 10.5 Å². The second kappa shape index (κ2) is 4.56. The zero-order chi connectivity index (χ0) is 13.3. The first-order chi connectivity index (χ1) is 8.54. The highest BCUT2D eigenvalue weighted by Crippen LogP contribution is 2.25. The summed E-state index contributed by atoms with van der Waals surface area (Å²) in [7, 11) is 0.